The third kappa shape index (κ3) is 13.4. The van der Waals surface area contributed by atoms with Crippen molar-refractivity contribution in [2.24, 2.45) is 5.73 Å². The van der Waals surface area contributed by atoms with Gasteiger partial charge in [-0.2, -0.15) is 0 Å². The molecule has 0 aliphatic rings. The number of hydroxylamine groups is 1. The van der Waals surface area contributed by atoms with Gasteiger partial charge in [0, 0.05) is 6.54 Å². The Labute approximate surface area is 98.9 Å². The predicted octanol–water partition coefficient (Wildman–Crippen LogP) is 2.13. The summed E-state index contributed by atoms with van der Waals surface area (Å²) in [6.07, 6.45) is 10.3. The number of carbonyl (C=O) groups is 1. The average molecular weight is 230 g/mol. The first kappa shape index (κ1) is 15.4. The van der Waals surface area contributed by atoms with Crippen molar-refractivity contribution < 1.29 is 9.63 Å². The Morgan fingerprint density at radius 3 is 2.19 bits per heavy atom. The van der Waals surface area contributed by atoms with Crippen molar-refractivity contribution in [1.29, 1.82) is 0 Å². The molecule has 0 aromatic carbocycles. The Bertz CT molecular complexity index is 163. The second-order valence-corrected chi connectivity index (χ2v) is 4.12. The second kappa shape index (κ2) is 12.5. The van der Waals surface area contributed by atoms with E-state index in [1.54, 1.807) is 0 Å². The van der Waals surface area contributed by atoms with Crippen LogP contribution in [0.2, 0.25) is 0 Å². The number of nitrogens with two attached hydrogens (primary N) is 1. The first-order valence-electron chi connectivity index (χ1n) is 6.40. The van der Waals surface area contributed by atoms with E-state index in [0.29, 0.717) is 0 Å². The molecule has 0 atom stereocenters. The van der Waals surface area contributed by atoms with E-state index in [2.05, 4.69) is 12.4 Å². The third-order valence-corrected chi connectivity index (χ3v) is 2.45. The van der Waals surface area contributed by atoms with Gasteiger partial charge in [-0.1, -0.05) is 51.9 Å². The van der Waals surface area contributed by atoms with Gasteiger partial charge in [0.1, 0.15) is 6.61 Å². The number of hydrogen-bond donors (Lipinski definition) is 2. The summed E-state index contributed by atoms with van der Waals surface area (Å²) in [5.74, 6) is -0.441. The topological polar surface area (TPSA) is 64.3 Å². The summed E-state index contributed by atoms with van der Waals surface area (Å²) in [5, 5.41) is 0. The van der Waals surface area contributed by atoms with Gasteiger partial charge in [0.25, 0.3) is 0 Å². The predicted molar refractivity (Wildman–Crippen MR) is 65.8 cm³/mol. The van der Waals surface area contributed by atoms with Crippen molar-refractivity contribution in [3.8, 4) is 0 Å². The van der Waals surface area contributed by atoms with E-state index >= 15 is 0 Å². The lowest BCUT2D eigenvalue weighted by Crippen LogP contribution is -2.25. The summed E-state index contributed by atoms with van der Waals surface area (Å²) in [5.41, 5.74) is 7.64. The monoisotopic (exact) mass is 230 g/mol. The number of rotatable bonds is 12. The number of unbranched alkanes of at least 4 members (excludes halogenated alkanes) is 7. The molecule has 0 unspecified atom stereocenters. The van der Waals surface area contributed by atoms with Gasteiger partial charge < -0.3 is 5.73 Å². The molecule has 0 saturated heterocycles. The zero-order valence-corrected chi connectivity index (χ0v) is 10.5. The number of hydrogen-bond acceptors (Lipinski definition) is 3. The maximum absolute atomic E-state index is 10.3. The molecule has 4 nitrogen and oxygen atoms in total. The molecular weight excluding hydrogens is 204 g/mol. The summed E-state index contributed by atoms with van der Waals surface area (Å²) in [7, 11) is 0. The van der Waals surface area contributed by atoms with Crippen molar-refractivity contribution in [1.82, 2.24) is 5.48 Å². The minimum absolute atomic E-state index is 0.0446. The molecule has 0 fully saturated rings. The van der Waals surface area contributed by atoms with Gasteiger partial charge in [-0.05, 0) is 6.42 Å². The number of carbonyl (C=O) groups excluding carboxylic acids is 1. The first-order chi connectivity index (χ1) is 7.77. The van der Waals surface area contributed by atoms with Crippen LogP contribution in [0.1, 0.15) is 58.3 Å². The van der Waals surface area contributed by atoms with Crippen LogP contribution >= 0.6 is 0 Å². The van der Waals surface area contributed by atoms with Gasteiger partial charge >= 0.3 is 0 Å². The largest absolute Gasteiger partial charge is 0.368 e. The fourth-order valence-corrected chi connectivity index (χ4v) is 1.53. The zero-order chi connectivity index (χ0) is 12.1. The van der Waals surface area contributed by atoms with Gasteiger partial charge in [-0.25, -0.2) is 5.48 Å². The maximum Gasteiger partial charge on any atom is 0.245 e. The minimum atomic E-state index is -0.441. The van der Waals surface area contributed by atoms with Crippen molar-refractivity contribution in [2.75, 3.05) is 13.2 Å². The van der Waals surface area contributed by atoms with Gasteiger partial charge in [0.15, 0.2) is 0 Å². The fourth-order valence-electron chi connectivity index (χ4n) is 1.53. The second-order valence-electron chi connectivity index (χ2n) is 4.12. The van der Waals surface area contributed by atoms with E-state index in [1.165, 1.54) is 44.9 Å². The van der Waals surface area contributed by atoms with Crippen molar-refractivity contribution in [3.05, 3.63) is 0 Å². The molecule has 0 aromatic heterocycles. The molecule has 0 spiro atoms. The molecule has 4 heteroatoms. The van der Waals surface area contributed by atoms with Gasteiger partial charge in [0.05, 0.1) is 0 Å². The molecule has 3 N–H and O–H groups in total. The summed E-state index contributed by atoms with van der Waals surface area (Å²) >= 11 is 0. The van der Waals surface area contributed by atoms with Crippen molar-refractivity contribution >= 4 is 5.91 Å². The molecule has 0 radical (unpaired) electrons. The van der Waals surface area contributed by atoms with Crippen LogP contribution in [0.5, 0.6) is 0 Å². The van der Waals surface area contributed by atoms with Gasteiger partial charge in [-0.3, -0.25) is 9.63 Å². The molecular formula is C12H26N2O2. The van der Waals surface area contributed by atoms with E-state index in [0.717, 1.165) is 13.0 Å². The summed E-state index contributed by atoms with van der Waals surface area (Å²) < 4.78 is 0. The molecule has 1 amide bonds. The highest BCUT2D eigenvalue weighted by Gasteiger charge is 1.94. The molecule has 0 aliphatic heterocycles. The van der Waals surface area contributed by atoms with Crippen molar-refractivity contribution in [3.63, 3.8) is 0 Å². The lowest BCUT2D eigenvalue weighted by Gasteiger charge is -2.04. The quantitative estimate of drug-likeness (QED) is 0.399. The fraction of sp³-hybridized carbons (Fsp3) is 0.917. The van der Waals surface area contributed by atoms with Crippen LogP contribution in [0.15, 0.2) is 0 Å². The Hall–Kier alpha value is -0.610. The van der Waals surface area contributed by atoms with Crippen LogP contribution in [0, 0.1) is 0 Å². The van der Waals surface area contributed by atoms with Crippen LogP contribution in [-0.2, 0) is 9.63 Å². The highest BCUT2D eigenvalue weighted by atomic mass is 16.6. The Morgan fingerprint density at radius 1 is 1.06 bits per heavy atom. The van der Waals surface area contributed by atoms with E-state index in [1.807, 2.05) is 0 Å². The summed E-state index contributed by atoms with van der Waals surface area (Å²) in [6, 6.07) is 0. The molecule has 0 heterocycles. The highest BCUT2D eigenvalue weighted by molar-refractivity contribution is 5.74. The number of nitrogens with one attached hydrogen (secondary N) is 1. The molecule has 0 saturated carbocycles. The Kier molecular flexibility index (Phi) is 12.0. The molecule has 0 aromatic rings. The lowest BCUT2D eigenvalue weighted by molar-refractivity contribution is -0.125. The van der Waals surface area contributed by atoms with Crippen LogP contribution in [0.4, 0.5) is 0 Å². The molecule has 0 aliphatic carbocycles. The molecule has 96 valence electrons. The first-order valence-corrected chi connectivity index (χ1v) is 6.40. The maximum atomic E-state index is 10.3. The van der Waals surface area contributed by atoms with E-state index in [9.17, 15) is 4.79 Å². The SMILES string of the molecule is CCCCCCCCCCNOCC(N)=O. The number of primary amides is 1. The van der Waals surface area contributed by atoms with Crippen LogP contribution in [-0.4, -0.2) is 19.1 Å². The molecule has 16 heavy (non-hydrogen) atoms. The van der Waals surface area contributed by atoms with Gasteiger partial charge in [-0.15, -0.1) is 0 Å². The van der Waals surface area contributed by atoms with Crippen LogP contribution in [0.3, 0.4) is 0 Å². The average Bonchev–Trinajstić information content (AvgIpc) is 2.25. The standard InChI is InChI=1S/C12H26N2O2/c1-2-3-4-5-6-7-8-9-10-14-16-11-12(13)15/h14H,2-11H2,1H3,(H2,13,15). The van der Waals surface area contributed by atoms with Crippen molar-refractivity contribution in [2.45, 2.75) is 58.3 Å². The highest BCUT2D eigenvalue weighted by Crippen LogP contribution is 2.07. The molecule has 0 rings (SSSR count). The minimum Gasteiger partial charge on any atom is -0.368 e. The summed E-state index contributed by atoms with van der Waals surface area (Å²) in [4.78, 5) is 15.1. The number of amides is 1. The van der Waals surface area contributed by atoms with Gasteiger partial charge in [0.2, 0.25) is 5.91 Å². The van der Waals surface area contributed by atoms with E-state index < -0.39 is 5.91 Å². The van der Waals surface area contributed by atoms with Crippen LogP contribution in [0.25, 0.3) is 0 Å². The smallest absolute Gasteiger partial charge is 0.245 e. The summed E-state index contributed by atoms with van der Waals surface area (Å²) in [6.45, 7) is 2.98. The van der Waals surface area contributed by atoms with E-state index in [4.69, 9.17) is 10.6 Å². The lowest BCUT2D eigenvalue weighted by atomic mass is 10.1. The Morgan fingerprint density at radius 2 is 1.62 bits per heavy atom. The van der Waals surface area contributed by atoms with Crippen LogP contribution < -0.4 is 11.2 Å². The third-order valence-electron chi connectivity index (χ3n) is 2.45. The normalized spacial score (nSPS) is 10.6. The Balaban J connectivity index is 2.90. The van der Waals surface area contributed by atoms with E-state index in [-0.39, 0.29) is 6.61 Å². The zero-order valence-electron chi connectivity index (χ0n) is 10.5. The molecule has 0 bridgehead atoms.